The van der Waals surface area contributed by atoms with Gasteiger partial charge in [-0.3, -0.25) is 0 Å². The van der Waals surface area contributed by atoms with E-state index >= 15 is 0 Å². The smallest absolute Gasteiger partial charge is 0.436 e. The van der Waals surface area contributed by atoms with Crippen molar-refractivity contribution in [1.29, 1.82) is 0 Å². The first-order chi connectivity index (χ1) is 9.21. The molecule has 1 heterocycles. The third-order valence-electron chi connectivity index (χ3n) is 2.38. The van der Waals surface area contributed by atoms with Crippen molar-refractivity contribution < 1.29 is 23.1 Å². The monoisotopic (exact) mass is 324 g/mol. The number of aromatic carboxylic acids is 1. The van der Waals surface area contributed by atoms with Crippen LogP contribution < -0.4 is 0 Å². The van der Waals surface area contributed by atoms with E-state index in [1.165, 1.54) is 24.3 Å². The number of carbonyl (C=O) groups is 1. The first kappa shape index (κ1) is 14.7. The SMILES string of the molecule is O=C(O)c1c(C(F)(F)F)nn(-c2ccc(Cl)cc2)c1Cl. The molecule has 2 rings (SSSR count). The van der Waals surface area contributed by atoms with Crippen molar-refractivity contribution in [1.82, 2.24) is 9.78 Å². The zero-order chi connectivity index (χ0) is 15.1. The topological polar surface area (TPSA) is 55.1 Å². The zero-order valence-electron chi connectivity index (χ0n) is 9.45. The fourth-order valence-electron chi connectivity index (χ4n) is 1.54. The summed E-state index contributed by atoms with van der Waals surface area (Å²) < 4.78 is 39.0. The molecule has 0 amide bonds. The summed E-state index contributed by atoms with van der Waals surface area (Å²) in [7, 11) is 0. The largest absolute Gasteiger partial charge is 0.478 e. The highest BCUT2D eigenvalue weighted by Crippen LogP contribution is 2.35. The van der Waals surface area contributed by atoms with E-state index in [4.69, 9.17) is 28.3 Å². The van der Waals surface area contributed by atoms with Crippen molar-refractivity contribution in [3.05, 3.63) is 45.7 Å². The van der Waals surface area contributed by atoms with Gasteiger partial charge in [0.05, 0.1) is 5.69 Å². The normalized spacial score (nSPS) is 11.7. The molecule has 9 heteroatoms. The van der Waals surface area contributed by atoms with Gasteiger partial charge in [-0.2, -0.15) is 18.3 Å². The van der Waals surface area contributed by atoms with Crippen molar-refractivity contribution in [2.24, 2.45) is 0 Å². The minimum atomic E-state index is -4.92. The summed E-state index contributed by atoms with van der Waals surface area (Å²) >= 11 is 11.4. The molecule has 0 unspecified atom stereocenters. The van der Waals surface area contributed by atoms with Gasteiger partial charge in [0.1, 0.15) is 10.7 Å². The molecule has 0 radical (unpaired) electrons. The summed E-state index contributed by atoms with van der Waals surface area (Å²) in [6.45, 7) is 0. The first-order valence-corrected chi connectivity index (χ1v) is 5.82. The lowest BCUT2D eigenvalue weighted by molar-refractivity contribution is -0.141. The highest BCUT2D eigenvalue weighted by Gasteiger charge is 2.41. The highest BCUT2D eigenvalue weighted by molar-refractivity contribution is 6.33. The highest BCUT2D eigenvalue weighted by atomic mass is 35.5. The van der Waals surface area contributed by atoms with Crippen molar-refractivity contribution in [3.63, 3.8) is 0 Å². The lowest BCUT2D eigenvalue weighted by atomic mass is 10.2. The molecule has 0 fully saturated rings. The molecule has 0 bridgehead atoms. The van der Waals surface area contributed by atoms with Crippen LogP contribution in [-0.2, 0) is 6.18 Å². The maximum atomic E-state index is 12.8. The number of benzene rings is 1. The molecule has 0 aliphatic carbocycles. The van der Waals surface area contributed by atoms with Gasteiger partial charge in [-0.15, -0.1) is 0 Å². The number of carboxylic acid groups (broad SMARTS) is 1. The summed E-state index contributed by atoms with van der Waals surface area (Å²) in [5.74, 6) is -1.80. The summed E-state index contributed by atoms with van der Waals surface area (Å²) in [4.78, 5) is 10.9. The van der Waals surface area contributed by atoms with E-state index in [9.17, 15) is 18.0 Å². The van der Waals surface area contributed by atoms with E-state index < -0.39 is 28.6 Å². The third-order valence-corrected chi connectivity index (χ3v) is 2.98. The van der Waals surface area contributed by atoms with Crippen molar-refractivity contribution in [2.45, 2.75) is 6.18 Å². The van der Waals surface area contributed by atoms with Gasteiger partial charge in [0.2, 0.25) is 0 Å². The Kier molecular flexibility index (Phi) is 3.66. The summed E-state index contributed by atoms with van der Waals surface area (Å²) in [6.07, 6.45) is -4.92. The second kappa shape index (κ2) is 4.99. The Bertz CT molecular complexity index is 666. The predicted molar refractivity (Wildman–Crippen MR) is 65.5 cm³/mol. The molecule has 1 aromatic carbocycles. The van der Waals surface area contributed by atoms with Gasteiger partial charge in [0.25, 0.3) is 0 Å². The molecule has 4 nitrogen and oxygen atoms in total. The summed E-state index contributed by atoms with van der Waals surface area (Å²) in [6, 6.07) is 5.57. The van der Waals surface area contributed by atoms with Crippen molar-refractivity contribution in [2.75, 3.05) is 0 Å². The van der Waals surface area contributed by atoms with E-state index in [1.54, 1.807) is 0 Å². The lowest BCUT2D eigenvalue weighted by Crippen LogP contribution is -2.12. The van der Waals surface area contributed by atoms with Gasteiger partial charge in [0.15, 0.2) is 5.69 Å². The van der Waals surface area contributed by atoms with Crippen LogP contribution in [0.15, 0.2) is 24.3 Å². The Morgan fingerprint density at radius 3 is 2.15 bits per heavy atom. The second-order valence-electron chi connectivity index (χ2n) is 3.71. The zero-order valence-corrected chi connectivity index (χ0v) is 11.0. The molecule has 0 saturated heterocycles. The minimum absolute atomic E-state index is 0.164. The molecule has 0 aliphatic rings. The molecule has 20 heavy (non-hydrogen) atoms. The Hall–Kier alpha value is -1.73. The lowest BCUT2D eigenvalue weighted by Gasteiger charge is -2.03. The van der Waals surface area contributed by atoms with Gasteiger partial charge < -0.3 is 5.11 Å². The van der Waals surface area contributed by atoms with E-state index in [1.807, 2.05) is 0 Å². The van der Waals surface area contributed by atoms with E-state index in [0.29, 0.717) is 9.70 Å². The number of halogens is 5. The van der Waals surface area contributed by atoms with Crippen LogP contribution in [0.4, 0.5) is 13.2 Å². The second-order valence-corrected chi connectivity index (χ2v) is 4.50. The number of hydrogen-bond donors (Lipinski definition) is 1. The Morgan fingerprint density at radius 1 is 1.20 bits per heavy atom. The quantitative estimate of drug-likeness (QED) is 0.911. The third kappa shape index (κ3) is 2.59. The number of carboxylic acids is 1. The van der Waals surface area contributed by atoms with Crippen LogP contribution in [0.25, 0.3) is 5.69 Å². The van der Waals surface area contributed by atoms with Crippen LogP contribution >= 0.6 is 23.2 Å². The summed E-state index contributed by atoms with van der Waals surface area (Å²) in [5.41, 5.74) is -2.48. The van der Waals surface area contributed by atoms with Crippen LogP contribution in [0.2, 0.25) is 10.2 Å². The van der Waals surface area contributed by atoms with Crippen LogP contribution in [0, 0.1) is 0 Å². The van der Waals surface area contributed by atoms with Crippen LogP contribution in [-0.4, -0.2) is 20.9 Å². The number of alkyl halides is 3. The predicted octanol–water partition coefficient (Wildman–Crippen LogP) is 3.90. The Labute approximate surface area is 120 Å². The molecule has 0 saturated carbocycles. The van der Waals surface area contributed by atoms with Crippen LogP contribution in [0.5, 0.6) is 0 Å². The average molecular weight is 325 g/mol. The van der Waals surface area contributed by atoms with Gasteiger partial charge in [-0.05, 0) is 24.3 Å². The van der Waals surface area contributed by atoms with E-state index in [0.717, 1.165) is 0 Å². The first-order valence-electron chi connectivity index (χ1n) is 5.06. The molecule has 106 valence electrons. The fraction of sp³-hybridized carbons (Fsp3) is 0.0909. The summed E-state index contributed by atoms with van der Waals surface area (Å²) in [5, 5.41) is 11.8. The fourth-order valence-corrected chi connectivity index (χ4v) is 1.97. The standard InChI is InChI=1S/C11H5Cl2F3N2O2/c12-5-1-3-6(4-2-5)18-9(13)7(10(19)20)8(17-18)11(14,15)16/h1-4H,(H,19,20). The average Bonchev–Trinajstić information content (AvgIpc) is 2.68. The maximum absolute atomic E-state index is 12.8. The van der Waals surface area contributed by atoms with Gasteiger partial charge in [0, 0.05) is 5.02 Å². The number of aromatic nitrogens is 2. The maximum Gasteiger partial charge on any atom is 0.436 e. The van der Waals surface area contributed by atoms with Gasteiger partial charge in [-0.1, -0.05) is 23.2 Å². The van der Waals surface area contributed by atoms with Crippen molar-refractivity contribution >= 4 is 29.2 Å². The molecule has 0 atom stereocenters. The van der Waals surface area contributed by atoms with E-state index in [2.05, 4.69) is 5.10 Å². The number of hydrogen-bond acceptors (Lipinski definition) is 2. The molecule has 2 aromatic rings. The molecule has 1 aromatic heterocycles. The molecule has 1 N–H and O–H groups in total. The van der Waals surface area contributed by atoms with E-state index in [-0.39, 0.29) is 5.69 Å². The minimum Gasteiger partial charge on any atom is -0.478 e. The van der Waals surface area contributed by atoms with Crippen LogP contribution in [0.1, 0.15) is 16.1 Å². The van der Waals surface area contributed by atoms with Crippen LogP contribution in [0.3, 0.4) is 0 Å². The molecular formula is C11H5Cl2F3N2O2. The van der Waals surface area contributed by atoms with Gasteiger partial charge >= 0.3 is 12.1 Å². The number of nitrogens with zero attached hydrogens (tertiary/aromatic N) is 2. The van der Waals surface area contributed by atoms with Gasteiger partial charge in [-0.25, -0.2) is 9.48 Å². The number of rotatable bonds is 2. The molecular weight excluding hydrogens is 320 g/mol. The molecule has 0 aliphatic heterocycles. The Morgan fingerprint density at radius 2 is 1.75 bits per heavy atom. The molecule has 0 spiro atoms. The Balaban J connectivity index is 2.67. The van der Waals surface area contributed by atoms with Crippen molar-refractivity contribution in [3.8, 4) is 5.69 Å².